The van der Waals surface area contributed by atoms with Gasteiger partial charge in [0.1, 0.15) is 5.75 Å². The van der Waals surface area contributed by atoms with E-state index in [0.29, 0.717) is 11.3 Å². The second-order valence-electron chi connectivity index (χ2n) is 6.51. The molecule has 3 rings (SSSR count). The van der Waals surface area contributed by atoms with E-state index in [1.165, 1.54) is 6.42 Å². The zero-order valence-corrected chi connectivity index (χ0v) is 17.0. The van der Waals surface area contributed by atoms with Gasteiger partial charge in [-0.1, -0.05) is 31.4 Å². The Balaban J connectivity index is 1.53. The van der Waals surface area contributed by atoms with Crippen LogP contribution < -0.4 is 10.2 Å². The Labute approximate surface area is 172 Å². The number of nitrogens with zero attached hydrogens (tertiary/aromatic N) is 1. The highest BCUT2D eigenvalue weighted by molar-refractivity contribution is 14.1. The second-order valence-corrected chi connectivity index (χ2v) is 7.67. The predicted octanol–water partition coefficient (Wildman–Crippen LogP) is 4.54. The van der Waals surface area contributed by atoms with Crippen molar-refractivity contribution in [1.29, 1.82) is 0 Å². The third-order valence-corrected chi connectivity index (χ3v) is 5.49. The van der Waals surface area contributed by atoms with Crippen molar-refractivity contribution in [2.45, 2.75) is 32.1 Å². The SMILES string of the molecule is O=C(Oc1ccc(/C=N/NC(=O)C2CCCCC2)cc1)c1ccccc1I. The molecule has 0 radical (unpaired) electrons. The molecule has 0 aromatic heterocycles. The van der Waals surface area contributed by atoms with Crippen molar-refractivity contribution in [3.05, 3.63) is 63.2 Å². The van der Waals surface area contributed by atoms with Crippen LogP contribution >= 0.6 is 22.6 Å². The van der Waals surface area contributed by atoms with Gasteiger partial charge in [-0.2, -0.15) is 5.10 Å². The van der Waals surface area contributed by atoms with Crippen molar-refractivity contribution in [2.24, 2.45) is 11.0 Å². The number of amides is 1. The maximum absolute atomic E-state index is 12.2. The third kappa shape index (κ3) is 5.63. The van der Waals surface area contributed by atoms with Gasteiger partial charge in [0.05, 0.1) is 11.8 Å². The van der Waals surface area contributed by atoms with Crippen LogP contribution in [0.4, 0.5) is 0 Å². The third-order valence-electron chi connectivity index (χ3n) is 4.55. The molecular weight excluding hydrogens is 455 g/mol. The maximum atomic E-state index is 12.2. The number of carbonyl (C=O) groups is 2. The van der Waals surface area contributed by atoms with Gasteiger partial charge >= 0.3 is 5.97 Å². The van der Waals surface area contributed by atoms with Crippen molar-refractivity contribution in [2.75, 3.05) is 0 Å². The molecule has 0 aliphatic heterocycles. The number of hydrogen-bond donors (Lipinski definition) is 1. The van der Waals surface area contributed by atoms with E-state index in [9.17, 15) is 9.59 Å². The van der Waals surface area contributed by atoms with Crippen LogP contribution in [0, 0.1) is 9.49 Å². The summed E-state index contributed by atoms with van der Waals surface area (Å²) in [6.07, 6.45) is 6.93. The van der Waals surface area contributed by atoms with Crippen LogP contribution in [0.2, 0.25) is 0 Å². The van der Waals surface area contributed by atoms with E-state index in [2.05, 4.69) is 33.1 Å². The molecule has 1 fully saturated rings. The summed E-state index contributed by atoms with van der Waals surface area (Å²) in [5.41, 5.74) is 3.97. The summed E-state index contributed by atoms with van der Waals surface area (Å²) < 4.78 is 6.25. The fourth-order valence-corrected chi connectivity index (χ4v) is 3.64. The lowest BCUT2D eigenvalue weighted by atomic mass is 9.89. The van der Waals surface area contributed by atoms with E-state index in [1.54, 1.807) is 42.6 Å². The summed E-state index contributed by atoms with van der Waals surface area (Å²) in [7, 11) is 0. The molecule has 6 heteroatoms. The van der Waals surface area contributed by atoms with Crippen LogP contribution in [0.1, 0.15) is 48.0 Å². The first-order valence-electron chi connectivity index (χ1n) is 9.03. The second kappa shape index (κ2) is 9.64. The normalized spacial score (nSPS) is 14.9. The lowest BCUT2D eigenvalue weighted by Crippen LogP contribution is -2.28. The monoisotopic (exact) mass is 476 g/mol. The fraction of sp³-hybridized carbons (Fsp3) is 0.286. The average Bonchev–Trinajstić information content (AvgIpc) is 2.70. The van der Waals surface area contributed by atoms with Crippen molar-refractivity contribution in [3.8, 4) is 5.75 Å². The van der Waals surface area contributed by atoms with E-state index in [0.717, 1.165) is 34.8 Å². The molecule has 0 bridgehead atoms. The highest BCUT2D eigenvalue weighted by Gasteiger charge is 2.20. The summed E-state index contributed by atoms with van der Waals surface area (Å²) in [5.74, 6) is 0.150. The number of benzene rings is 2. The number of hydrazone groups is 1. The van der Waals surface area contributed by atoms with Gasteiger partial charge in [0, 0.05) is 9.49 Å². The Morgan fingerprint density at radius 1 is 1.04 bits per heavy atom. The Bertz CT molecular complexity index is 828. The maximum Gasteiger partial charge on any atom is 0.344 e. The first kappa shape index (κ1) is 19.5. The molecule has 0 heterocycles. The number of esters is 1. The molecule has 1 amide bonds. The molecule has 5 nitrogen and oxygen atoms in total. The lowest BCUT2D eigenvalue weighted by Gasteiger charge is -2.19. The summed E-state index contributed by atoms with van der Waals surface area (Å²) >= 11 is 2.11. The highest BCUT2D eigenvalue weighted by Crippen LogP contribution is 2.23. The smallest absolute Gasteiger partial charge is 0.344 e. The zero-order chi connectivity index (χ0) is 19.1. The predicted molar refractivity (Wildman–Crippen MR) is 113 cm³/mol. The largest absolute Gasteiger partial charge is 0.423 e. The molecular formula is C21H21IN2O3. The van der Waals surface area contributed by atoms with Gasteiger partial charge in [-0.15, -0.1) is 0 Å². The summed E-state index contributed by atoms with van der Waals surface area (Å²) in [6, 6.07) is 14.3. The fourth-order valence-electron chi connectivity index (χ4n) is 3.04. The van der Waals surface area contributed by atoms with Crippen molar-refractivity contribution < 1.29 is 14.3 Å². The van der Waals surface area contributed by atoms with Crippen LogP contribution in [0.5, 0.6) is 5.75 Å². The molecule has 1 saturated carbocycles. The van der Waals surface area contributed by atoms with Crippen molar-refractivity contribution in [3.63, 3.8) is 0 Å². The number of halogens is 1. The van der Waals surface area contributed by atoms with Gasteiger partial charge in [-0.25, -0.2) is 10.2 Å². The molecule has 2 aromatic rings. The quantitative estimate of drug-likeness (QED) is 0.227. The van der Waals surface area contributed by atoms with E-state index in [4.69, 9.17) is 4.74 Å². The molecule has 1 aliphatic rings. The number of rotatable bonds is 5. The van der Waals surface area contributed by atoms with Gasteiger partial charge in [0.15, 0.2) is 0 Å². The molecule has 2 aromatic carbocycles. The van der Waals surface area contributed by atoms with Crippen LogP contribution in [-0.2, 0) is 4.79 Å². The highest BCUT2D eigenvalue weighted by atomic mass is 127. The molecule has 0 saturated heterocycles. The van der Waals surface area contributed by atoms with Gasteiger partial charge in [0.25, 0.3) is 0 Å². The number of ether oxygens (including phenoxy) is 1. The summed E-state index contributed by atoms with van der Waals surface area (Å²) in [6.45, 7) is 0. The number of carbonyl (C=O) groups excluding carboxylic acids is 2. The molecule has 140 valence electrons. The van der Waals surface area contributed by atoms with E-state index in [-0.39, 0.29) is 17.8 Å². The first-order valence-corrected chi connectivity index (χ1v) is 10.1. The van der Waals surface area contributed by atoms with E-state index in [1.807, 2.05) is 12.1 Å². The van der Waals surface area contributed by atoms with Crippen LogP contribution in [0.25, 0.3) is 0 Å². The van der Waals surface area contributed by atoms with Crippen LogP contribution in [-0.4, -0.2) is 18.1 Å². The first-order chi connectivity index (χ1) is 13.1. The van der Waals surface area contributed by atoms with Gasteiger partial charge < -0.3 is 4.74 Å². The Morgan fingerprint density at radius 2 is 1.74 bits per heavy atom. The van der Waals surface area contributed by atoms with Gasteiger partial charge in [0.2, 0.25) is 5.91 Å². The zero-order valence-electron chi connectivity index (χ0n) is 14.9. The van der Waals surface area contributed by atoms with Crippen LogP contribution in [0.3, 0.4) is 0 Å². The molecule has 0 spiro atoms. The molecule has 1 aliphatic carbocycles. The summed E-state index contributed by atoms with van der Waals surface area (Å²) in [5, 5.41) is 4.03. The molecule has 0 unspecified atom stereocenters. The Kier molecular flexibility index (Phi) is 6.98. The molecule has 0 atom stereocenters. The van der Waals surface area contributed by atoms with Crippen molar-refractivity contribution in [1.82, 2.24) is 5.43 Å². The number of nitrogens with one attached hydrogen (secondary N) is 1. The van der Waals surface area contributed by atoms with E-state index >= 15 is 0 Å². The Hall–Kier alpha value is -2.22. The van der Waals surface area contributed by atoms with E-state index < -0.39 is 0 Å². The average molecular weight is 476 g/mol. The standard InChI is InChI=1S/C21H21IN2O3/c22-19-9-5-4-8-18(19)21(26)27-17-12-10-15(11-13-17)14-23-24-20(25)16-6-2-1-3-7-16/h4-5,8-14,16H,1-3,6-7H2,(H,24,25)/b23-14+. The number of hydrogen-bond acceptors (Lipinski definition) is 4. The Morgan fingerprint density at radius 3 is 2.44 bits per heavy atom. The van der Waals surface area contributed by atoms with Gasteiger partial charge in [-0.05, 0) is 77.4 Å². The summed E-state index contributed by atoms with van der Waals surface area (Å²) in [4.78, 5) is 24.3. The minimum Gasteiger partial charge on any atom is -0.423 e. The molecule has 1 N–H and O–H groups in total. The minimum absolute atomic E-state index is 0.00559. The molecule has 27 heavy (non-hydrogen) atoms. The lowest BCUT2D eigenvalue weighted by molar-refractivity contribution is -0.125. The van der Waals surface area contributed by atoms with Crippen LogP contribution in [0.15, 0.2) is 53.6 Å². The minimum atomic E-state index is -0.388. The topological polar surface area (TPSA) is 67.8 Å². The van der Waals surface area contributed by atoms with Gasteiger partial charge in [-0.3, -0.25) is 4.79 Å². The van der Waals surface area contributed by atoms with Crippen molar-refractivity contribution >= 4 is 40.7 Å².